The van der Waals surface area contributed by atoms with Crippen LogP contribution in [0, 0.1) is 5.82 Å². The van der Waals surface area contributed by atoms with Crippen molar-refractivity contribution in [3.8, 4) is 0 Å². The third kappa shape index (κ3) is 3.39. The predicted molar refractivity (Wildman–Crippen MR) is 74.4 cm³/mol. The molecule has 6 heteroatoms. The maximum atomic E-state index is 12.9. The summed E-state index contributed by atoms with van der Waals surface area (Å²) >= 11 is 0. The highest BCUT2D eigenvalue weighted by Crippen LogP contribution is 2.18. The van der Waals surface area contributed by atoms with Crippen molar-refractivity contribution in [1.29, 1.82) is 0 Å². The highest BCUT2D eigenvalue weighted by molar-refractivity contribution is 6.04. The molecule has 2 heterocycles. The topological polar surface area (TPSA) is 59.9 Å². The number of ether oxygens (including phenoxy) is 1. The molecule has 1 aromatic rings. The second-order valence-corrected chi connectivity index (χ2v) is 5.27. The minimum Gasteiger partial charge on any atom is -0.382 e. The van der Waals surface area contributed by atoms with Crippen LogP contribution in [-0.4, -0.2) is 37.0 Å². The van der Waals surface area contributed by atoms with E-state index in [9.17, 15) is 9.18 Å². The van der Waals surface area contributed by atoms with Gasteiger partial charge in [0.1, 0.15) is 5.82 Å². The Kier molecular flexibility index (Phi) is 4.15. The van der Waals surface area contributed by atoms with E-state index in [1.54, 1.807) is 12.1 Å². The van der Waals surface area contributed by atoms with E-state index in [0.717, 1.165) is 25.0 Å². The average molecular weight is 292 g/mol. The maximum Gasteiger partial charge on any atom is 0.264 e. The van der Waals surface area contributed by atoms with E-state index in [4.69, 9.17) is 9.57 Å². The quantitative estimate of drug-likeness (QED) is 0.921. The van der Waals surface area contributed by atoms with Crippen molar-refractivity contribution in [2.45, 2.75) is 31.4 Å². The number of carbonyl (C=O) groups excluding carboxylic acids is 1. The van der Waals surface area contributed by atoms with Crippen LogP contribution in [0.2, 0.25) is 0 Å². The normalized spacial score (nSPS) is 25.1. The SMILES string of the molecule is O=C(N[C@H]1CCCOC1)[C@@H]1CC(c2ccc(F)cc2)=NO1. The van der Waals surface area contributed by atoms with Gasteiger partial charge in [-0.1, -0.05) is 17.3 Å². The number of hydrogen-bond acceptors (Lipinski definition) is 4. The Morgan fingerprint density at radius 2 is 2.14 bits per heavy atom. The monoisotopic (exact) mass is 292 g/mol. The van der Waals surface area contributed by atoms with Gasteiger partial charge in [0.05, 0.1) is 18.4 Å². The van der Waals surface area contributed by atoms with Crippen LogP contribution in [0.3, 0.4) is 0 Å². The van der Waals surface area contributed by atoms with E-state index in [1.807, 2.05) is 0 Å². The van der Waals surface area contributed by atoms with Gasteiger partial charge in [-0.2, -0.15) is 0 Å². The first kappa shape index (κ1) is 14.0. The summed E-state index contributed by atoms with van der Waals surface area (Å²) in [6.07, 6.45) is 1.65. The van der Waals surface area contributed by atoms with Gasteiger partial charge in [0.25, 0.3) is 5.91 Å². The van der Waals surface area contributed by atoms with Crippen LogP contribution in [-0.2, 0) is 14.4 Å². The largest absolute Gasteiger partial charge is 0.382 e. The molecular weight excluding hydrogens is 275 g/mol. The summed E-state index contributed by atoms with van der Waals surface area (Å²) in [6, 6.07) is 6.04. The van der Waals surface area contributed by atoms with Gasteiger partial charge in [-0.25, -0.2) is 4.39 Å². The predicted octanol–water partition coefficient (Wildman–Crippen LogP) is 1.61. The lowest BCUT2D eigenvalue weighted by Gasteiger charge is -2.23. The molecule has 112 valence electrons. The summed E-state index contributed by atoms with van der Waals surface area (Å²) in [5.41, 5.74) is 1.43. The minimum atomic E-state index is -0.619. The fourth-order valence-electron chi connectivity index (χ4n) is 2.48. The van der Waals surface area contributed by atoms with Gasteiger partial charge in [0, 0.05) is 13.0 Å². The maximum absolute atomic E-state index is 12.9. The summed E-state index contributed by atoms with van der Waals surface area (Å²) in [4.78, 5) is 17.3. The van der Waals surface area contributed by atoms with Crippen LogP contribution in [0.15, 0.2) is 29.4 Å². The first-order valence-electron chi connectivity index (χ1n) is 7.09. The zero-order valence-corrected chi connectivity index (χ0v) is 11.5. The van der Waals surface area contributed by atoms with E-state index in [1.165, 1.54) is 12.1 Å². The Bertz CT molecular complexity index is 538. The molecule has 2 aliphatic rings. The Hall–Kier alpha value is -1.95. The highest BCUT2D eigenvalue weighted by atomic mass is 19.1. The Morgan fingerprint density at radius 3 is 2.86 bits per heavy atom. The average Bonchev–Trinajstić information content (AvgIpc) is 2.99. The zero-order valence-electron chi connectivity index (χ0n) is 11.5. The molecule has 0 bridgehead atoms. The van der Waals surface area contributed by atoms with Crippen molar-refractivity contribution in [2.24, 2.45) is 5.16 Å². The second-order valence-electron chi connectivity index (χ2n) is 5.27. The van der Waals surface area contributed by atoms with Crippen molar-refractivity contribution >= 4 is 11.6 Å². The highest BCUT2D eigenvalue weighted by Gasteiger charge is 2.30. The standard InChI is InChI=1S/C15H17FN2O3/c16-11-5-3-10(4-6-11)13-8-14(21-18-13)15(19)17-12-2-1-7-20-9-12/h3-6,12,14H,1-2,7-9H2,(H,17,19)/t12-,14-/m0/s1. The van der Waals surface area contributed by atoms with Gasteiger partial charge in [-0.3, -0.25) is 4.79 Å². The molecule has 1 amide bonds. The summed E-state index contributed by atoms with van der Waals surface area (Å²) in [5.74, 6) is -0.476. The van der Waals surface area contributed by atoms with E-state index in [2.05, 4.69) is 10.5 Å². The third-order valence-corrected chi connectivity index (χ3v) is 3.65. The molecule has 0 spiro atoms. The number of nitrogens with one attached hydrogen (secondary N) is 1. The lowest BCUT2D eigenvalue weighted by atomic mass is 10.0. The Morgan fingerprint density at radius 1 is 1.33 bits per heavy atom. The third-order valence-electron chi connectivity index (χ3n) is 3.65. The molecule has 21 heavy (non-hydrogen) atoms. The lowest BCUT2D eigenvalue weighted by molar-refractivity contribution is -0.132. The molecule has 0 radical (unpaired) electrons. The van der Waals surface area contributed by atoms with Gasteiger partial charge in [0.2, 0.25) is 6.10 Å². The van der Waals surface area contributed by atoms with Crippen LogP contribution < -0.4 is 5.32 Å². The summed E-state index contributed by atoms with van der Waals surface area (Å²) in [6.45, 7) is 1.30. The van der Waals surface area contributed by atoms with Crippen LogP contribution in [0.4, 0.5) is 4.39 Å². The van der Waals surface area contributed by atoms with Crippen molar-refractivity contribution < 1.29 is 18.8 Å². The summed E-state index contributed by atoms with van der Waals surface area (Å²) in [5, 5.41) is 6.85. The van der Waals surface area contributed by atoms with E-state index >= 15 is 0 Å². The first-order chi connectivity index (χ1) is 10.2. The van der Waals surface area contributed by atoms with E-state index < -0.39 is 6.10 Å². The zero-order chi connectivity index (χ0) is 14.7. The van der Waals surface area contributed by atoms with Gasteiger partial charge >= 0.3 is 0 Å². The minimum absolute atomic E-state index is 0.0460. The second kappa shape index (κ2) is 6.22. The molecule has 3 rings (SSSR count). The Balaban J connectivity index is 1.55. The molecule has 0 unspecified atom stereocenters. The number of benzene rings is 1. The van der Waals surface area contributed by atoms with Crippen LogP contribution >= 0.6 is 0 Å². The molecule has 0 aromatic heterocycles. The van der Waals surface area contributed by atoms with Crippen LogP contribution in [0.1, 0.15) is 24.8 Å². The summed E-state index contributed by atoms with van der Waals surface area (Å²) in [7, 11) is 0. The van der Waals surface area contributed by atoms with E-state index in [-0.39, 0.29) is 17.8 Å². The van der Waals surface area contributed by atoms with Crippen molar-refractivity contribution in [3.05, 3.63) is 35.6 Å². The van der Waals surface area contributed by atoms with Gasteiger partial charge in [-0.05, 0) is 30.5 Å². The molecule has 2 atom stereocenters. The molecule has 1 fully saturated rings. The number of nitrogens with zero attached hydrogens (tertiary/aromatic N) is 1. The van der Waals surface area contributed by atoms with Crippen molar-refractivity contribution in [2.75, 3.05) is 13.2 Å². The fraction of sp³-hybridized carbons (Fsp3) is 0.467. The van der Waals surface area contributed by atoms with Crippen molar-refractivity contribution in [1.82, 2.24) is 5.32 Å². The molecule has 1 aromatic carbocycles. The van der Waals surface area contributed by atoms with E-state index in [0.29, 0.717) is 18.7 Å². The smallest absolute Gasteiger partial charge is 0.264 e. The van der Waals surface area contributed by atoms with Crippen LogP contribution in [0.5, 0.6) is 0 Å². The van der Waals surface area contributed by atoms with Crippen LogP contribution in [0.25, 0.3) is 0 Å². The fourth-order valence-corrected chi connectivity index (χ4v) is 2.48. The number of hydrogen-bond donors (Lipinski definition) is 1. The van der Waals surface area contributed by atoms with Gasteiger partial charge < -0.3 is 14.9 Å². The molecule has 5 nitrogen and oxygen atoms in total. The van der Waals surface area contributed by atoms with Crippen molar-refractivity contribution in [3.63, 3.8) is 0 Å². The number of amides is 1. The molecule has 0 saturated carbocycles. The molecule has 1 saturated heterocycles. The summed E-state index contributed by atoms with van der Waals surface area (Å²) < 4.78 is 18.2. The first-order valence-corrected chi connectivity index (χ1v) is 7.09. The number of rotatable bonds is 3. The van der Waals surface area contributed by atoms with Gasteiger partial charge in [0.15, 0.2) is 0 Å². The lowest BCUT2D eigenvalue weighted by Crippen LogP contribution is -2.45. The number of carbonyl (C=O) groups is 1. The molecule has 2 aliphatic heterocycles. The van der Waals surface area contributed by atoms with Gasteiger partial charge in [-0.15, -0.1) is 0 Å². The molecule has 0 aliphatic carbocycles. The number of halogens is 1. The molecule has 1 N–H and O–H groups in total. The number of oxime groups is 1. The molecular formula is C15H17FN2O3. The Labute approximate surface area is 122 Å².